The first kappa shape index (κ1) is 18.2. The normalized spacial score (nSPS) is 16.8. The molecule has 28 heavy (non-hydrogen) atoms. The van der Waals surface area contributed by atoms with Crippen LogP contribution in [0.3, 0.4) is 0 Å². The van der Waals surface area contributed by atoms with Crippen molar-refractivity contribution in [3.8, 4) is 5.75 Å². The van der Waals surface area contributed by atoms with Gasteiger partial charge in [0, 0.05) is 12.1 Å². The molecule has 1 atom stereocenters. The molecule has 0 aliphatic carbocycles. The SMILES string of the molecule is Cc1ccc(OCc2nc(C3CCCCN3C(=O)c3ccccc3)no2)cc1. The first-order chi connectivity index (χ1) is 13.7. The molecule has 1 aliphatic heterocycles. The third-order valence-corrected chi connectivity index (χ3v) is 4.95. The van der Waals surface area contributed by atoms with Gasteiger partial charge in [0.25, 0.3) is 11.8 Å². The Morgan fingerprint density at radius 2 is 1.93 bits per heavy atom. The van der Waals surface area contributed by atoms with Crippen LogP contribution in [0.25, 0.3) is 0 Å². The maximum atomic E-state index is 12.9. The second-order valence-electron chi connectivity index (χ2n) is 7.02. The quantitative estimate of drug-likeness (QED) is 0.662. The lowest BCUT2D eigenvalue weighted by molar-refractivity contribution is 0.0597. The highest BCUT2D eigenvalue weighted by Crippen LogP contribution is 2.30. The predicted octanol–water partition coefficient (Wildman–Crippen LogP) is 4.32. The molecule has 2 aromatic carbocycles. The smallest absolute Gasteiger partial charge is 0.264 e. The van der Waals surface area contributed by atoms with E-state index >= 15 is 0 Å². The van der Waals surface area contributed by atoms with Crippen LogP contribution in [0.5, 0.6) is 5.75 Å². The van der Waals surface area contributed by atoms with Gasteiger partial charge in [0.1, 0.15) is 5.75 Å². The highest BCUT2D eigenvalue weighted by molar-refractivity contribution is 5.94. The van der Waals surface area contributed by atoms with Crippen molar-refractivity contribution in [3.05, 3.63) is 77.4 Å². The number of aromatic nitrogens is 2. The molecule has 6 nitrogen and oxygen atoms in total. The van der Waals surface area contributed by atoms with Gasteiger partial charge in [0.2, 0.25) is 0 Å². The fourth-order valence-electron chi connectivity index (χ4n) is 3.43. The third kappa shape index (κ3) is 4.06. The van der Waals surface area contributed by atoms with Crippen molar-refractivity contribution in [2.24, 2.45) is 0 Å². The minimum absolute atomic E-state index is 0.00700. The summed E-state index contributed by atoms with van der Waals surface area (Å²) in [6.07, 6.45) is 2.85. The number of carbonyl (C=O) groups is 1. The summed E-state index contributed by atoms with van der Waals surface area (Å²) in [6, 6.07) is 17.0. The molecule has 0 radical (unpaired) electrons. The van der Waals surface area contributed by atoms with Crippen LogP contribution in [0.2, 0.25) is 0 Å². The molecular formula is C22H23N3O3. The molecule has 1 saturated heterocycles. The van der Waals surface area contributed by atoms with Crippen molar-refractivity contribution in [1.82, 2.24) is 15.0 Å². The number of benzene rings is 2. The minimum atomic E-state index is -0.168. The van der Waals surface area contributed by atoms with Gasteiger partial charge < -0.3 is 14.2 Å². The molecule has 1 amide bonds. The first-order valence-electron chi connectivity index (χ1n) is 9.59. The zero-order valence-electron chi connectivity index (χ0n) is 15.9. The van der Waals surface area contributed by atoms with Crippen molar-refractivity contribution in [2.75, 3.05) is 6.54 Å². The Bertz CT molecular complexity index is 922. The van der Waals surface area contributed by atoms with Crippen molar-refractivity contribution in [3.63, 3.8) is 0 Å². The van der Waals surface area contributed by atoms with Crippen LogP contribution >= 0.6 is 0 Å². The molecule has 1 unspecified atom stereocenters. The Labute approximate surface area is 164 Å². The van der Waals surface area contributed by atoms with Gasteiger partial charge in [-0.3, -0.25) is 4.79 Å². The number of hydrogen-bond donors (Lipinski definition) is 0. The molecule has 0 N–H and O–H groups in total. The van der Waals surface area contributed by atoms with E-state index in [4.69, 9.17) is 9.26 Å². The summed E-state index contributed by atoms with van der Waals surface area (Å²) in [7, 11) is 0. The summed E-state index contributed by atoms with van der Waals surface area (Å²) in [6.45, 7) is 2.93. The van der Waals surface area contributed by atoms with Crippen LogP contribution in [-0.2, 0) is 6.61 Å². The van der Waals surface area contributed by atoms with Crippen LogP contribution in [0.4, 0.5) is 0 Å². The van der Waals surface area contributed by atoms with Crippen molar-refractivity contribution in [1.29, 1.82) is 0 Å². The molecule has 0 saturated carbocycles. The summed E-state index contributed by atoms with van der Waals surface area (Å²) in [4.78, 5) is 19.3. The molecule has 6 heteroatoms. The van der Waals surface area contributed by atoms with Crippen LogP contribution < -0.4 is 4.74 Å². The zero-order chi connectivity index (χ0) is 19.3. The summed E-state index contributed by atoms with van der Waals surface area (Å²) < 4.78 is 11.1. The number of ether oxygens (including phenoxy) is 1. The van der Waals surface area contributed by atoms with Crippen molar-refractivity contribution >= 4 is 5.91 Å². The topological polar surface area (TPSA) is 68.5 Å². The van der Waals surface area contributed by atoms with E-state index in [1.165, 1.54) is 5.56 Å². The van der Waals surface area contributed by atoms with Gasteiger partial charge in [-0.2, -0.15) is 4.98 Å². The van der Waals surface area contributed by atoms with Crippen LogP contribution in [0, 0.1) is 6.92 Å². The molecule has 1 aliphatic rings. The first-order valence-corrected chi connectivity index (χ1v) is 9.59. The van der Waals surface area contributed by atoms with Gasteiger partial charge in [-0.25, -0.2) is 0 Å². The Morgan fingerprint density at radius 3 is 2.71 bits per heavy atom. The summed E-state index contributed by atoms with van der Waals surface area (Å²) in [5, 5.41) is 4.13. The van der Waals surface area contributed by atoms with Gasteiger partial charge in [0.05, 0.1) is 6.04 Å². The van der Waals surface area contributed by atoms with E-state index in [1.54, 1.807) is 0 Å². The second-order valence-corrected chi connectivity index (χ2v) is 7.02. The Kier molecular flexibility index (Phi) is 5.37. The summed E-state index contributed by atoms with van der Waals surface area (Å²) in [5.74, 6) is 1.72. The lowest BCUT2D eigenvalue weighted by Crippen LogP contribution is -2.39. The van der Waals surface area contributed by atoms with Crippen molar-refractivity contribution < 1.29 is 14.1 Å². The number of amides is 1. The highest BCUT2D eigenvalue weighted by atomic mass is 16.5. The van der Waals surface area contributed by atoms with Crippen LogP contribution in [-0.4, -0.2) is 27.5 Å². The average molecular weight is 377 g/mol. The zero-order valence-corrected chi connectivity index (χ0v) is 15.9. The molecular weight excluding hydrogens is 354 g/mol. The monoisotopic (exact) mass is 377 g/mol. The van der Waals surface area contributed by atoms with E-state index in [0.717, 1.165) is 25.0 Å². The van der Waals surface area contributed by atoms with E-state index in [1.807, 2.05) is 66.4 Å². The van der Waals surface area contributed by atoms with E-state index in [2.05, 4.69) is 10.1 Å². The van der Waals surface area contributed by atoms with Gasteiger partial charge in [0.15, 0.2) is 12.4 Å². The molecule has 4 rings (SSSR count). The largest absolute Gasteiger partial charge is 0.484 e. The van der Waals surface area contributed by atoms with Crippen LogP contribution in [0.1, 0.15) is 52.9 Å². The molecule has 2 heterocycles. The lowest BCUT2D eigenvalue weighted by Gasteiger charge is -2.33. The van der Waals surface area contributed by atoms with Crippen molar-refractivity contribution in [2.45, 2.75) is 38.8 Å². The predicted molar refractivity (Wildman–Crippen MR) is 104 cm³/mol. The fourth-order valence-corrected chi connectivity index (χ4v) is 3.43. The maximum Gasteiger partial charge on any atom is 0.264 e. The van der Waals surface area contributed by atoms with E-state index < -0.39 is 0 Å². The second kappa shape index (κ2) is 8.25. The Hall–Kier alpha value is -3.15. The van der Waals surface area contributed by atoms with E-state index in [9.17, 15) is 4.79 Å². The number of nitrogens with zero attached hydrogens (tertiary/aromatic N) is 3. The van der Waals surface area contributed by atoms with E-state index in [0.29, 0.717) is 23.8 Å². The average Bonchev–Trinajstić information content (AvgIpc) is 3.22. The van der Waals surface area contributed by atoms with Gasteiger partial charge in [-0.05, 0) is 50.5 Å². The van der Waals surface area contributed by atoms with Gasteiger partial charge in [-0.1, -0.05) is 41.1 Å². The van der Waals surface area contributed by atoms with Gasteiger partial charge in [-0.15, -0.1) is 0 Å². The third-order valence-electron chi connectivity index (χ3n) is 4.95. The Balaban J connectivity index is 1.46. The summed E-state index contributed by atoms with van der Waals surface area (Å²) >= 11 is 0. The Morgan fingerprint density at radius 1 is 1.14 bits per heavy atom. The number of piperidine rings is 1. The number of rotatable bonds is 5. The highest BCUT2D eigenvalue weighted by Gasteiger charge is 2.32. The van der Waals surface area contributed by atoms with E-state index in [-0.39, 0.29) is 18.6 Å². The van der Waals surface area contributed by atoms with Crippen LogP contribution in [0.15, 0.2) is 59.1 Å². The number of aryl methyl sites for hydroxylation is 1. The summed E-state index contributed by atoms with van der Waals surface area (Å²) in [5.41, 5.74) is 1.86. The lowest BCUT2D eigenvalue weighted by atomic mass is 10.00. The molecule has 3 aromatic rings. The molecule has 0 bridgehead atoms. The molecule has 1 fully saturated rings. The molecule has 144 valence electrons. The molecule has 0 spiro atoms. The number of carbonyl (C=O) groups excluding carboxylic acids is 1. The standard InChI is InChI=1S/C22H23N3O3/c1-16-10-12-18(13-11-16)27-15-20-23-21(24-28-20)19-9-5-6-14-25(19)22(26)17-7-3-2-4-8-17/h2-4,7-8,10-13,19H,5-6,9,14-15H2,1H3. The number of likely N-dealkylation sites (tertiary alicyclic amines) is 1. The number of hydrogen-bond acceptors (Lipinski definition) is 5. The minimum Gasteiger partial charge on any atom is -0.484 e. The maximum absolute atomic E-state index is 12.9. The molecule has 1 aromatic heterocycles. The van der Waals surface area contributed by atoms with Gasteiger partial charge >= 0.3 is 0 Å². The fraction of sp³-hybridized carbons (Fsp3) is 0.318.